The molecule has 0 unspecified atom stereocenters. The molecular weight excluding hydrogens is 266 g/mol. The van der Waals surface area contributed by atoms with Crippen molar-refractivity contribution in [2.24, 2.45) is 0 Å². The van der Waals surface area contributed by atoms with Crippen LogP contribution in [-0.2, 0) is 0 Å². The summed E-state index contributed by atoms with van der Waals surface area (Å²) >= 11 is 0. The van der Waals surface area contributed by atoms with Gasteiger partial charge in [-0.15, -0.1) is 0 Å². The van der Waals surface area contributed by atoms with Crippen molar-refractivity contribution in [2.75, 3.05) is 13.1 Å². The van der Waals surface area contributed by atoms with Crippen molar-refractivity contribution in [3.8, 4) is 0 Å². The van der Waals surface area contributed by atoms with Gasteiger partial charge in [-0.1, -0.05) is 0 Å². The summed E-state index contributed by atoms with van der Waals surface area (Å²) in [6.07, 6.45) is 3.69. The highest BCUT2D eigenvalue weighted by Crippen LogP contribution is 2.26. The molecule has 2 aromatic heterocycles. The van der Waals surface area contributed by atoms with Gasteiger partial charge in [0.15, 0.2) is 0 Å². The third-order valence-corrected chi connectivity index (χ3v) is 3.85. The number of H-pyrrole nitrogens is 1. The van der Waals surface area contributed by atoms with Gasteiger partial charge in [0.2, 0.25) is 0 Å². The Morgan fingerprint density at radius 3 is 3.00 bits per heavy atom. The van der Waals surface area contributed by atoms with Gasteiger partial charge in [-0.05, 0) is 38.8 Å². The van der Waals surface area contributed by atoms with Gasteiger partial charge in [-0.25, -0.2) is 9.97 Å². The summed E-state index contributed by atoms with van der Waals surface area (Å²) in [7, 11) is 0. The van der Waals surface area contributed by atoms with Crippen molar-refractivity contribution in [3.63, 3.8) is 0 Å². The Hall–Kier alpha value is -2.24. The molecule has 1 N–H and O–H groups in total. The van der Waals surface area contributed by atoms with Crippen LogP contribution in [0, 0.1) is 13.8 Å². The van der Waals surface area contributed by atoms with Crippen LogP contribution in [0.3, 0.4) is 0 Å². The number of carbonyl (C=O) groups excluding carboxylic acids is 1. The molecule has 3 heterocycles. The number of hydrogen-bond acceptors (Lipinski definition) is 4. The summed E-state index contributed by atoms with van der Waals surface area (Å²) < 4.78 is 0. The second-order valence-electron chi connectivity index (χ2n) is 5.56. The van der Waals surface area contributed by atoms with Crippen LogP contribution in [0.5, 0.6) is 0 Å². The number of carbonyl (C=O) groups is 1. The van der Waals surface area contributed by atoms with Gasteiger partial charge in [0, 0.05) is 30.9 Å². The van der Waals surface area contributed by atoms with Gasteiger partial charge >= 0.3 is 0 Å². The van der Waals surface area contributed by atoms with Gasteiger partial charge in [-0.2, -0.15) is 5.10 Å². The number of amides is 1. The van der Waals surface area contributed by atoms with Crippen LogP contribution in [0.25, 0.3) is 0 Å². The molecule has 1 aliphatic heterocycles. The second-order valence-corrected chi connectivity index (χ2v) is 5.56. The highest BCUT2D eigenvalue weighted by atomic mass is 16.2. The van der Waals surface area contributed by atoms with E-state index in [0.717, 1.165) is 30.8 Å². The third-order valence-electron chi connectivity index (χ3n) is 3.85. The monoisotopic (exact) mass is 285 g/mol. The molecule has 0 spiro atoms. The first-order chi connectivity index (χ1) is 10.1. The third kappa shape index (κ3) is 2.94. The normalized spacial score (nSPS) is 18.8. The number of aromatic nitrogens is 4. The Labute approximate surface area is 123 Å². The van der Waals surface area contributed by atoms with Crippen molar-refractivity contribution in [3.05, 3.63) is 41.2 Å². The van der Waals surface area contributed by atoms with Gasteiger partial charge in [0.05, 0.1) is 5.69 Å². The molecule has 1 fully saturated rings. The van der Waals surface area contributed by atoms with E-state index in [0.29, 0.717) is 24.0 Å². The maximum atomic E-state index is 12.5. The quantitative estimate of drug-likeness (QED) is 0.913. The van der Waals surface area contributed by atoms with E-state index in [1.165, 1.54) is 0 Å². The standard InChI is InChI=1S/C15H19N5O/c1-10-8-14(19-18-10)12-4-3-7-20(9-12)15(21)13-5-6-16-11(2)17-13/h5-6,8,12H,3-4,7,9H2,1-2H3,(H,18,19)/t12-/m0/s1. The highest BCUT2D eigenvalue weighted by Gasteiger charge is 2.27. The summed E-state index contributed by atoms with van der Waals surface area (Å²) in [6.45, 7) is 5.27. The van der Waals surface area contributed by atoms with Crippen LogP contribution >= 0.6 is 0 Å². The van der Waals surface area contributed by atoms with Crippen molar-refractivity contribution < 1.29 is 4.79 Å². The number of nitrogens with zero attached hydrogens (tertiary/aromatic N) is 4. The molecule has 6 nitrogen and oxygen atoms in total. The minimum absolute atomic E-state index is 0.0162. The molecule has 1 atom stereocenters. The molecule has 0 radical (unpaired) electrons. The number of nitrogens with one attached hydrogen (secondary N) is 1. The van der Waals surface area contributed by atoms with Crippen LogP contribution in [0.2, 0.25) is 0 Å². The predicted molar refractivity (Wildman–Crippen MR) is 78.0 cm³/mol. The van der Waals surface area contributed by atoms with E-state index >= 15 is 0 Å². The summed E-state index contributed by atoms with van der Waals surface area (Å²) in [6, 6.07) is 3.74. The van der Waals surface area contributed by atoms with Gasteiger partial charge in [-0.3, -0.25) is 9.89 Å². The molecule has 110 valence electrons. The zero-order valence-corrected chi connectivity index (χ0v) is 12.3. The van der Waals surface area contributed by atoms with Gasteiger partial charge < -0.3 is 4.90 Å². The lowest BCUT2D eigenvalue weighted by molar-refractivity contribution is 0.0699. The first-order valence-corrected chi connectivity index (χ1v) is 7.24. The Morgan fingerprint density at radius 1 is 1.43 bits per heavy atom. The zero-order chi connectivity index (χ0) is 14.8. The van der Waals surface area contributed by atoms with Crippen molar-refractivity contribution in [1.29, 1.82) is 0 Å². The topological polar surface area (TPSA) is 74.8 Å². The molecule has 0 bridgehead atoms. The number of rotatable bonds is 2. The smallest absolute Gasteiger partial charge is 0.272 e. The molecule has 0 saturated carbocycles. The predicted octanol–water partition coefficient (Wildman–Crippen LogP) is 1.84. The lowest BCUT2D eigenvalue weighted by Gasteiger charge is -2.31. The molecule has 3 rings (SSSR count). The fourth-order valence-electron chi connectivity index (χ4n) is 2.79. The van der Waals surface area contributed by atoms with E-state index < -0.39 is 0 Å². The van der Waals surface area contributed by atoms with E-state index in [2.05, 4.69) is 26.2 Å². The van der Waals surface area contributed by atoms with Gasteiger partial charge in [0.25, 0.3) is 5.91 Å². The Balaban J connectivity index is 1.75. The lowest BCUT2D eigenvalue weighted by atomic mass is 9.94. The van der Waals surface area contributed by atoms with Crippen LogP contribution < -0.4 is 0 Å². The number of piperidine rings is 1. The molecule has 1 saturated heterocycles. The molecule has 0 aromatic carbocycles. The largest absolute Gasteiger partial charge is 0.337 e. The van der Waals surface area contributed by atoms with Crippen LogP contribution in [0.1, 0.15) is 46.5 Å². The second kappa shape index (κ2) is 5.63. The Morgan fingerprint density at radius 2 is 2.29 bits per heavy atom. The fraction of sp³-hybridized carbons (Fsp3) is 0.467. The van der Waals surface area contributed by atoms with Crippen molar-refractivity contribution in [1.82, 2.24) is 25.1 Å². The molecule has 0 aliphatic carbocycles. The van der Waals surface area contributed by atoms with E-state index in [-0.39, 0.29) is 5.91 Å². The van der Waals surface area contributed by atoms with E-state index in [1.807, 2.05) is 11.8 Å². The van der Waals surface area contributed by atoms with E-state index in [4.69, 9.17) is 0 Å². The molecule has 6 heteroatoms. The summed E-state index contributed by atoms with van der Waals surface area (Å²) in [4.78, 5) is 22.7. The minimum atomic E-state index is -0.0162. The van der Waals surface area contributed by atoms with Crippen LogP contribution in [-0.4, -0.2) is 44.1 Å². The first-order valence-electron chi connectivity index (χ1n) is 7.24. The van der Waals surface area contributed by atoms with E-state index in [9.17, 15) is 4.79 Å². The van der Waals surface area contributed by atoms with Crippen LogP contribution in [0.15, 0.2) is 18.3 Å². The van der Waals surface area contributed by atoms with Crippen molar-refractivity contribution in [2.45, 2.75) is 32.6 Å². The average Bonchev–Trinajstić information content (AvgIpc) is 2.93. The number of aryl methyl sites for hydroxylation is 2. The summed E-state index contributed by atoms with van der Waals surface area (Å²) in [5, 5.41) is 7.31. The molecule has 2 aromatic rings. The first kappa shape index (κ1) is 13.7. The SMILES string of the molecule is Cc1nccc(C(=O)N2CCC[C@H](c3cc(C)[nH]n3)C2)n1. The number of likely N-dealkylation sites (tertiary alicyclic amines) is 1. The Bertz CT molecular complexity index is 651. The van der Waals surface area contributed by atoms with E-state index in [1.54, 1.807) is 19.2 Å². The average molecular weight is 285 g/mol. The number of aromatic amines is 1. The molecule has 1 amide bonds. The Kier molecular flexibility index (Phi) is 3.68. The highest BCUT2D eigenvalue weighted by molar-refractivity contribution is 5.92. The number of hydrogen-bond donors (Lipinski definition) is 1. The molecular formula is C15H19N5O. The fourth-order valence-corrected chi connectivity index (χ4v) is 2.79. The maximum absolute atomic E-state index is 12.5. The molecule has 21 heavy (non-hydrogen) atoms. The maximum Gasteiger partial charge on any atom is 0.272 e. The lowest BCUT2D eigenvalue weighted by Crippen LogP contribution is -2.39. The minimum Gasteiger partial charge on any atom is -0.337 e. The summed E-state index contributed by atoms with van der Waals surface area (Å²) in [5.41, 5.74) is 2.57. The van der Waals surface area contributed by atoms with Crippen molar-refractivity contribution >= 4 is 5.91 Å². The zero-order valence-electron chi connectivity index (χ0n) is 12.3. The molecule has 1 aliphatic rings. The van der Waals surface area contributed by atoms with Crippen LogP contribution in [0.4, 0.5) is 0 Å². The summed E-state index contributed by atoms with van der Waals surface area (Å²) in [5.74, 6) is 0.908. The van der Waals surface area contributed by atoms with Gasteiger partial charge in [0.1, 0.15) is 11.5 Å².